The van der Waals surface area contributed by atoms with Gasteiger partial charge in [0, 0.05) is 23.1 Å². The Morgan fingerprint density at radius 1 is 1.08 bits per heavy atom. The van der Waals surface area contributed by atoms with E-state index in [2.05, 4.69) is 25.9 Å². The average molecular weight is 497 g/mol. The minimum Gasteiger partial charge on any atom is -0.339 e. The molecule has 3 N–H and O–H groups in total. The van der Waals surface area contributed by atoms with Gasteiger partial charge in [-0.05, 0) is 81.0 Å². The van der Waals surface area contributed by atoms with E-state index in [1.54, 1.807) is 0 Å². The number of halogens is 2. The molecule has 1 aromatic carbocycles. The average Bonchev–Trinajstić information content (AvgIpc) is 3.77. The number of aryl methyl sites for hydroxylation is 2. The van der Waals surface area contributed by atoms with Crippen LogP contribution in [-0.2, 0) is 11.3 Å². The fraction of sp³-hybridized carbons (Fsp3) is 0.462. The van der Waals surface area contributed by atoms with Gasteiger partial charge in [-0.3, -0.25) is 19.4 Å². The number of H-pyrrole nitrogens is 1. The summed E-state index contributed by atoms with van der Waals surface area (Å²) in [6, 6.07) is 8.16. The number of nitrogens with one attached hydrogen (secondary N) is 3. The van der Waals surface area contributed by atoms with Gasteiger partial charge in [0.2, 0.25) is 5.91 Å². The second kappa shape index (κ2) is 9.83. The van der Waals surface area contributed by atoms with Crippen LogP contribution < -0.4 is 10.6 Å². The number of carbonyl (C=O) groups excluding carboxylic acids is 2. The van der Waals surface area contributed by atoms with Crippen molar-refractivity contribution in [1.29, 1.82) is 0 Å². The molecule has 0 unspecified atom stereocenters. The highest BCUT2D eigenvalue weighted by atomic mass is 19.3. The molecule has 2 aliphatic rings. The van der Waals surface area contributed by atoms with Gasteiger partial charge >= 0.3 is 0 Å². The minimum absolute atomic E-state index is 0.0219. The smallest absolute Gasteiger partial charge is 0.270 e. The van der Waals surface area contributed by atoms with Crippen molar-refractivity contribution >= 4 is 17.5 Å². The van der Waals surface area contributed by atoms with Crippen LogP contribution in [0.1, 0.15) is 47.6 Å². The van der Waals surface area contributed by atoms with E-state index in [-0.39, 0.29) is 17.5 Å². The molecule has 2 saturated carbocycles. The van der Waals surface area contributed by atoms with Crippen molar-refractivity contribution in [1.82, 2.24) is 25.3 Å². The molecule has 5 rings (SSSR count). The molecule has 36 heavy (non-hydrogen) atoms. The first-order valence-corrected chi connectivity index (χ1v) is 12.4. The molecule has 190 valence electrons. The Balaban J connectivity index is 1.35. The van der Waals surface area contributed by atoms with Crippen LogP contribution in [0.3, 0.4) is 0 Å². The van der Waals surface area contributed by atoms with E-state index in [1.165, 1.54) is 12.3 Å². The zero-order valence-corrected chi connectivity index (χ0v) is 20.3. The van der Waals surface area contributed by atoms with E-state index >= 15 is 0 Å². The van der Waals surface area contributed by atoms with Crippen LogP contribution >= 0.6 is 0 Å². The molecule has 0 aliphatic heterocycles. The molecule has 1 atom stereocenters. The van der Waals surface area contributed by atoms with Crippen molar-refractivity contribution in [3.05, 3.63) is 53.6 Å². The number of aromatic amines is 1. The summed E-state index contributed by atoms with van der Waals surface area (Å²) >= 11 is 0. The molecular weight excluding hydrogens is 466 g/mol. The fourth-order valence-electron chi connectivity index (χ4n) is 5.16. The molecule has 2 heterocycles. The maximum Gasteiger partial charge on any atom is 0.270 e. The molecule has 10 heteroatoms. The van der Waals surface area contributed by atoms with Gasteiger partial charge in [-0.25, -0.2) is 8.78 Å². The van der Waals surface area contributed by atoms with Crippen LogP contribution in [0.5, 0.6) is 0 Å². The number of amides is 2. The number of nitrogens with zero attached hydrogens (tertiary/aromatic N) is 3. The maximum absolute atomic E-state index is 13.5. The molecule has 3 aromatic rings. The highest BCUT2D eigenvalue weighted by Crippen LogP contribution is 2.51. The number of benzene rings is 1. The van der Waals surface area contributed by atoms with Crippen molar-refractivity contribution in [2.24, 2.45) is 17.8 Å². The zero-order valence-electron chi connectivity index (χ0n) is 20.3. The summed E-state index contributed by atoms with van der Waals surface area (Å²) in [5, 5.41) is 16.9. The van der Waals surface area contributed by atoms with Gasteiger partial charge in [0.1, 0.15) is 18.3 Å². The predicted octanol–water partition coefficient (Wildman–Crippen LogP) is 4.33. The second-order valence-electron chi connectivity index (χ2n) is 9.87. The Bertz CT molecular complexity index is 1210. The standard InChI is InChI=1S/C26H30F2N6O2/c1-14-22(15(2)33-32-14)16-7-9-19(10-8-16)30-26(36)24(23(17-3-4-17)18-5-6-18)31-25(35)20-11-12-29-34(20)13-21(27)28/h7-12,17-18,21,23-24H,3-6,13H2,1-2H3,(H,30,36)(H,31,35)(H,32,33)/t24-/m0/s1. The normalized spacial score (nSPS) is 16.4. The molecular formula is C26H30F2N6O2. The molecule has 2 fully saturated rings. The number of aromatic nitrogens is 4. The lowest BCUT2D eigenvalue weighted by molar-refractivity contribution is -0.119. The number of hydrogen-bond donors (Lipinski definition) is 3. The third-order valence-corrected chi connectivity index (χ3v) is 7.12. The molecule has 0 bridgehead atoms. The van der Waals surface area contributed by atoms with Crippen molar-refractivity contribution < 1.29 is 18.4 Å². The Labute approximate surface area is 207 Å². The van der Waals surface area contributed by atoms with Gasteiger partial charge in [-0.15, -0.1) is 0 Å². The largest absolute Gasteiger partial charge is 0.339 e. The van der Waals surface area contributed by atoms with Gasteiger partial charge in [-0.2, -0.15) is 10.2 Å². The first-order valence-electron chi connectivity index (χ1n) is 12.4. The Morgan fingerprint density at radius 2 is 1.75 bits per heavy atom. The Kier molecular flexibility index (Phi) is 6.59. The van der Waals surface area contributed by atoms with Crippen LogP contribution in [0.15, 0.2) is 36.5 Å². The van der Waals surface area contributed by atoms with Crippen LogP contribution in [0.4, 0.5) is 14.5 Å². The molecule has 2 aliphatic carbocycles. The van der Waals surface area contributed by atoms with E-state index in [0.717, 1.165) is 52.9 Å². The fourth-order valence-corrected chi connectivity index (χ4v) is 5.16. The van der Waals surface area contributed by atoms with E-state index in [1.807, 2.05) is 38.1 Å². The summed E-state index contributed by atoms with van der Waals surface area (Å²) in [4.78, 5) is 26.6. The quantitative estimate of drug-likeness (QED) is 0.389. The zero-order chi connectivity index (χ0) is 25.4. The summed E-state index contributed by atoms with van der Waals surface area (Å²) < 4.78 is 26.8. The number of hydrogen-bond acceptors (Lipinski definition) is 4. The van der Waals surface area contributed by atoms with E-state index in [4.69, 9.17) is 0 Å². The Hall–Kier alpha value is -3.56. The van der Waals surface area contributed by atoms with E-state index < -0.39 is 24.9 Å². The van der Waals surface area contributed by atoms with Crippen LogP contribution in [0, 0.1) is 31.6 Å². The first-order chi connectivity index (χ1) is 17.3. The van der Waals surface area contributed by atoms with Crippen LogP contribution in [0.2, 0.25) is 0 Å². The third-order valence-electron chi connectivity index (χ3n) is 7.12. The van der Waals surface area contributed by atoms with E-state index in [0.29, 0.717) is 17.5 Å². The SMILES string of the molecule is Cc1n[nH]c(C)c1-c1ccc(NC(=O)[C@@H](NC(=O)c2ccnn2CC(F)F)C(C2CC2)C2CC2)cc1. The molecule has 2 aromatic heterocycles. The second-order valence-corrected chi connectivity index (χ2v) is 9.87. The lowest BCUT2D eigenvalue weighted by Gasteiger charge is -2.27. The number of anilines is 1. The lowest BCUT2D eigenvalue weighted by atomic mass is 9.88. The molecule has 0 radical (unpaired) electrons. The van der Waals surface area contributed by atoms with Gasteiger partial charge < -0.3 is 10.6 Å². The third kappa shape index (κ3) is 5.17. The number of alkyl halides is 2. The van der Waals surface area contributed by atoms with Gasteiger partial charge in [-0.1, -0.05) is 12.1 Å². The Morgan fingerprint density at radius 3 is 2.31 bits per heavy atom. The maximum atomic E-state index is 13.5. The first kappa shape index (κ1) is 24.1. The summed E-state index contributed by atoms with van der Waals surface area (Å²) in [7, 11) is 0. The van der Waals surface area contributed by atoms with Crippen molar-refractivity contribution in [2.45, 2.75) is 58.5 Å². The molecule has 0 spiro atoms. The summed E-state index contributed by atoms with van der Waals surface area (Å²) in [5.41, 5.74) is 4.52. The lowest BCUT2D eigenvalue weighted by Crippen LogP contribution is -2.50. The van der Waals surface area contributed by atoms with Gasteiger partial charge in [0.15, 0.2) is 0 Å². The van der Waals surface area contributed by atoms with Crippen LogP contribution in [-0.4, -0.2) is 44.3 Å². The van der Waals surface area contributed by atoms with Gasteiger partial charge in [0.25, 0.3) is 12.3 Å². The van der Waals surface area contributed by atoms with Crippen molar-refractivity contribution in [3.63, 3.8) is 0 Å². The van der Waals surface area contributed by atoms with Gasteiger partial charge in [0.05, 0.1) is 5.69 Å². The summed E-state index contributed by atoms with van der Waals surface area (Å²) in [6.45, 7) is 3.22. The minimum atomic E-state index is -2.64. The highest BCUT2D eigenvalue weighted by molar-refractivity contribution is 6.01. The number of rotatable bonds is 10. The molecule has 2 amide bonds. The topological polar surface area (TPSA) is 105 Å². The van der Waals surface area contributed by atoms with E-state index in [9.17, 15) is 18.4 Å². The molecule has 0 saturated heterocycles. The number of carbonyl (C=O) groups is 2. The van der Waals surface area contributed by atoms with Crippen LogP contribution in [0.25, 0.3) is 11.1 Å². The summed E-state index contributed by atoms with van der Waals surface area (Å²) in [6.07, 6.45) is 2.80. The van der Waals surface area contributed by atoms with Crippen molar-refractivity contribution in [2.75, 3.05) is 5.32 Å². The monoisotopic (exact) mass is 496 g/mol. The molecule has 8 nitrogen and oxygen atoms in total. The summed E-state index contributed by atoms with van der Waals surface area (Å²) in [5.74, 6) is -0.0739. The highest BCUT2D eigenvalue weighted by Gasteiger charge is 2.48. The van der Waals surface area contributed by atoms with Crippen molar-refractivity contribution in [3.8, 4) is 11.1 Å². The predicted molar refractivity (Wildman–Crippen MR) is 131 cm³/mol.